The van der Waals surface area contributed by atoms with Crippen molar-refractivity contribution in [2.24, 2.45) is 0 Å². The Kier molecular flexibility index (Phi) is 4.73. The van der Waals surface area contributed by atoms with Crippen molar-refractivity contribution < 1.29 is 8.42 Å². The van der Waals surface area contributed by atoms with Crippen LogP contribution in [0.3, 0.4) is 0 Å². The zero-order chi connectivity index (χ0) is 11.1. The molecule has 3 N–H and O–H groups in total. The lowest BCUT2D eigenvalue weighted by Gasteiger charge is -2.06. The fourth-order valence-electron chi connectivity index (χ4n) is 1.03. The zero-order valence-corrected chi connectivity index (χ0v) is 9.47. The summed E-state index contributed by atoms with van der Waals surface area (Å²) >= 11 is 0. The van der Waals surface area contributed by atoms with Crippen LogP contribution in [-0.4, -0.2) is 31.5 Å². The topological polar surface area (TPSA) is 86.9 Å². The van der Waals surface area contributed by atoms with Gasteiger partial charge in [0.1, 0.15) is 0 Å². The van der Waals surface area contributed by atoms with Gasteiger partial charge in [-0.15, -0.1) is 0 Å². The number of rotatable bonds is 7. The summed E-state index contributed by atoms with van der Waals surface area (Å²) in [4.78, 5) is 6.74. The van der Waals surface area contributed by atoms with Crippen LogP contribution in [0, 0.1) is 0 Å². The average Bonchev–Trinajstić information content (AvgIpc) is 2.67. The van der Waals surface area contributed by atoms with Crippen LogP contribution < -0.4 is 9.44 Å². The largest absolute Gasteiger partial charge is 0.348 e. The Hall–Kier alpha value is -0.920. The minimum atomic E-state index is -3.33. The van der Waals surface area contributed by atoms with Crippen molar-refractivity contribution in [1.82, 2.24) is 19.4 Å². The lowest BCUT2D eigenvalue weighted by Crippen LogP contribution is -2.37. The highest BCUT2D eigenvalue weighted by molar-refractivity contribution is 7.87. The highest BCUT2D eigenvalue weighted by atomic mass is 32.2. The molecule has 1 aromatic rings. The van der Waals surface area contributed by atoms with Gasteiger partial charge in [-0.1, -0.05) is 6.92 Å². The number of nitrogens with one attached hydrogen (secondary N) is 3. The molecule has 0 spiro atoms. The Balaban J connectivity index is 2.24. The van der Waals surface area contributed by atoms with Gasteiger partial charge in [0.15, 0.2) is 0 Å². The first-order chi connectivity index (χ1) is 7.14. The first-order valence-corrected chi connectivity index (χ1v) is 6.34. The van der Waals surface area contributed by atoms with E-state index in [1.54, 1.807) is 12.5 Å². The van der Waals surface area contributed by atoms with Crippen LogP contribution in [-0.2, 0) is 16.6 Å². The standard InChI is InChI=1S/C8H16N4O2S/c1-2-4-11-15(13,14)12-5-3-8-6-9-7-10-8/h6-7,11-12H,2-5H2,1H3,(H,9,10). The van der Waals surface area contributed by atoms with Crippen molar-refractivity contribution >= 4 is 10.2 Å². The average molecular weight is 232 g/mol. The summed E-state index contributed by atoms with van der Waals surface area (Å²) in [6.45, 7) is 2.73. The number of hydrogen-bond donors (Lipinski definition) is 3. The fourth-order valence-corrected chi connectivity index (χ4v) is 1.97. The number of aromatic amines is 1. The van der Waals surface area contributed by atoms with E-state index in [1.165, 1.54) is 0 Å². The Morgan fingerprint density at radius 3 is 2.73 bits per heavy atom. The predicted octanol–water partition coefficient (Wildman–Crippen LogP) is -0.214. The Labute approximate surface area is 89.7 Å². The molecule has 0 radical (unpaired) electrons. The van der Waals surface area contributed by atoms with E-state index in [2.05, 4.69) is 19.4 Å². The number of imidazole rings is 1. The third-order valence-electron chi connectivity index (χ3n) is 1.78. The molecule has 0 aliphatic carbocycles. The summed E-state index contributed by atoms with van der Waals surface area (Å²) in [7, 11) is -3.33. The second-order valence-corrected chi connectivity index (χ2v) is 4.70. The predicted molar refractivity (Wildman–Crippen MR) is 57.5 cm³/mol. The minimum Gasteiger partial charge on any atom is -0.348 e. The van der Waals surface area contributed by atoms with Gasteiger partial charge in [0.2, 0.25) is 0 Å². The van der Waals surface area contributed by atoms with Gasteiger partial charge in [-0.25, -0.2) is 14.4 Å². The van der Waals surface area contributed by atoms with Crippen LogP contribution >= 0.6 is 0 Å². The maximum Gasteiger partial charge on any atom is 0.276 e. The van der Waals surface area contributed by atoms with Gasteiger partial charge < -0.3 is 4.98 Å². The first kappa shape index (κ1) is 12.2. The second-order valence-electron chi connectivity index (χ2n) is 3.12. The molecule has 0 atom stereocenters. The quantitative estimate of drug-likeness (QED) is 0.607. The zero-order valence-electron chi connectivity index (χ0n) is 8.66. The molecule has 1 rings (SSSR count). The van der Waals surface area contributed by atoms with Crippen molar-refractivity contribution in [2.45, 2.75) is 19.8 Å². The van der Waals surface area contributed by atoms with Crippen LogP contribution in [0.1, 0.15) is 19.0 Å². The number of aromatic nitrogens is 2. The summed E-state index contributed by atoms with van der Waals surface area (Å²) in [5.74, 6) is 0. The molecule has 0 saturated heterocycles. The summed E-state index contributed by atoms with van der Waals surface area (Å²) in [5.41, 5.74) is 0.910. The molecule has 0 saturated carbocycles. The van der Waals surface area contributed by atoms with Gasteiger partial charge in [-0.3, -0.25) is 0 Å². The van der Waals surface area contributed by atoms with Gasteiger partial charge in [-0.05, 0) is 6.42 Å². The van der Waals surface area contributed by atoms with Gasteiger partial charge >= 0.3 is 0 Å². The molecule has 1 heterocycles. The van der Waals surface area contributed by atoms with Crippen molar-refractivity contribution in [1.29, 1.82) is 0 Å². The molecular formula is C8H16N4O2S. The maximum atomic E-state index is 11.3. The molecular weight excluding hydrogens is 216 g/mol. The molecule has 86 valence electrons. The summed E-state index contributed by atoms with van der Waals surface area (Å²) in [6, 6.07) is 0. The Morgan fingerprint density at radius 1 is 1.40 bits per heavy atom. The highest BCUT2D eigenvalue weighted by Crippen LogP contribution is 1.91. The molecule has 0 aromatic carbocycles. The van der Waals surface area contributed by atoms with E-state index in [0.29, 0.717) is 19.5 Å². The molecule has 15 heavy (non-hydrogen) atoms. The van der Waals surface area contributed by atoms with E-state index in [-0.39, 0.29) is 0 Å². The molecule has 0 aliphatic rings. The molecule has 0 bridgehead atoms. The van der Waals surface area contributed by atoms with E-state index >= 15 is 0 Å². The van der Waals surface area contributed by atoms with E-state index in [4.69, 9.17) is 0 Å². The smallest absolute Gasteiger partial charge is 0.276 e. The number of H-pyrrole nitrogens is 1. The summed E-state index contributed by atoms with van der Waals surface area (Å²) in [5, 5.41) is 0. The molecule has 7 heteroatoms. The number of hydrogen-bond acceptors (Lipinski definition) is 3. The summed E-state index contributed by atoms with van der Waals surface area (Å²) < 4.78 is 27.4. The van der Waals surface area contributed by atoms with Gasteiger partial charge in [0.05, 0.1) is 6.33 Å². The van der Waals surface area contributed by atoms with Gasteiger partial charge in [0, 0.05) is 31.4 Å². The third kappa shape index (κ3) is 4.91. The fraction of sp³-hybridized carbons (Fsp3) is 0.625. The lowest BCUT2D eigenvalue weighted by molar-refractivity contribution is 0.565. The Morgan fingerprint density at radius 2 is 2.13 bits per heavy atom. The van der Waals surface area contributed by atoms with E-state index in [1.807, 2.05) is 6.92 Å². The van der Waals surface area contributed by atoms with E-state index in [0.717, 1.165) is 12.1 Å². The molecule has 0 aliphatic heterocycles. The van der Waals surface area contributed by atoms with E-state index < -0.39 is 10.2 Å². The normalized spacial score (nSPS) is 11.8. The Bertz CT molecular complexity index is 360. The lowest BCUT2D eigenvalue weighted by atomic mass is 10.3. The monoisotopic (exact) mass is 232 g/mol. The number of nitrogens with zero attached hydrogens (tertiary/aromatic N) is 1. The van der Waals surface area contributed by atoms with Gasteiger partial charge in [-0.2, -0.15) is 8.42 Å². The van der Waals surface area contributed by atoms with Crippen molar-refractivity contribution in [3.8, 4) is 0 Å². The minimum absolute atomic E-state index is 0.362. The maximum absolute atomic E-state index is 11.3. The molecule has 6 nitrogen and oxygen atoms in total. The highest BCUT2D eigenvalue weighted by Gasteiger charge is 2.06. The van der Waals surface area contributed by atoms with Crippen LogP contribution in [0.25, 0.3) is 0 Å². The molecule has 0 unspecified atom stereocenters. The van der Waals surface area contributed by atoms with Gasteiger partial charge in [0.25, 0.3) is 10.2 Å². The van der Waals surface area contributed by atoms with Crippen molar-refractivity contribution in [3.05, 3.63) is 18.2 Å². The SMILES string of the molecule is CCCNS(=O)(=O)NCCc1cnc[nH]1. The third-order valence-corrected chi connectivity index (χ3v) is 2.95. The molecule has 1 aromatic heterocycles. The molecule has 0 amide bonds. The van der Waals surface area contributed by atoms with Crippen LogP contribution in [0.2, 0.25) is 0 Å². The molecule has 0 fully saturated rings. The van der Waals surface area contributed by atoms with Crippen LogP contribution in [0.15, 0.2) is 12.5 Å². The van der Waals surface area contributed by atoms with E-state index in [9.17, 15) is 8.42 Å². The first-order valence-electron chi connectivity index (χ1n) is 4.85. The summed E-state index contributed by atoms with van der Waals surface area (Å²) in [6.07, 6.45) is 4.63. The van der Waals surface area contributed by atoms with Crippen LogP contribution in [0.4, 0.5) is 0 Å². The van der Waals surface area contributed by atoms with Crippen LogP contribution in [0.5, 0.6) is 0 Å². The van der Waals surface area contributed by atoms with Crippen molar-refractivity contribution in [3.63, 3.8) is 0 Å². The van der Waals surface area contributed by atoms with Crippen molar-refractivity contribution in [2.75, 3.05) is 13.1 Å². The second kappa shape index (κ2) is 5.84.